The normalized spacial score (nSPS) is 15.6. The zero-order chi connectivity index (χ0) is 18.2. The van der Waals surface area contributed by atoms with Crippen LogP contribution < -0.4 is 10.1 Å². The molecule has 0 aromatic heterocycles. The highest BCUT2D eigenvalue weighted by atomic mass is 16.5. The standard InChI is InChI=1S/C22H27NO3/c1-25-14-15-26-20-11-7-8-18(16-20)21(24)23-17-22(12-5-6-13-22)19-9-3-2-4-10-19/h2-4,7-11,16H,5-6,12-15,17H2,1H3,(H,23,24). The molecule has 138 valence electrons. The van der Waals surface area contributed by atoms with Gasteiger partial charge < -0.3 is 14.8 Å². The maximum Gasteiger partial charge on any atom is 0.251 e. The summed E-state index contributed by atoms with van der Waals surface area (Å²) in [7, 11) is 1.64. The van der Waals surface area contributed by atoms with Crippen LogP contribution in [0.1, 0.15) is 41.6 Å². The van der Waals surface area contributed by atoms with Gasteiger partial charge in [0.25, 0.3) is 5.91 Å². The van der Waals surface area contributed by atoms with Crippen molar-refractivity contribution in [1.82, 2.24) is 5.32 Å². The molecule has 1 fully saturated rings. The molecule has 1 aliphatic carbocycles. The van der Waals surface area contributed by atoms with Gasteiger partial charge in [-0.15, -0.1) is 0 Å². The molecule has 26 heavy (non-hydrogen) atoms. The molecule has 1 saturated carbocycles. The summed E-state index contributed by atoms with van der Waals surface area (Å²) in [6.45, 7) is 1.67. The molecule has 0 heterocycles. The first-order valence-electron chi connectivity index (χ1n) is 9.29. The SMILES string of the molecule is COCCOc1cccc(C(=O)NCC2(c3ccccc3)CCCC2)c1. The molecule has 0 spiro atoms. The Kier molecular flexibility index (Phi) is 6.29. The lowest BCUT2D eigenvalue weighted by Crippen LogP contribution is -2.39. The number of rotatable bonds is 8. The van der Waals surface area contributed by atoms with Crippen LogP contribution in [-0.4, -0.2) is 32.8 Å². The van der Waals surface area contributed by atoms with Crippen LogP contribution in [0.2, 0.25) is 0 Å². The van der Waals surface area contributed by atoms with Crippen molar-refractivity contribution >= 4 is 5.91 Å². The topological polar surface area (TPSA) is 47.6 Å². The van der Waals surface area contributed by atoms with Crippen molar-refractivity contribution in [1.29, 1.82) is 0 Å². The number of ether oxygens (including phenoxy) is 2. The summed E-state index contributed by atoms with van der Waals surface area (Å²) in [6, 6.07) is 17.9. The van der Waals surface area contributed by atoms with Gasteiger partial charge in [0.15, 0.2) is 0 Å². The Hall–Kier alpha value is -2.33. The van der Waals surface area contributed by atoms with E-state index >= 15 is 0 Å². The second kappa shape index (κ2) is 8.86. The minimum Gasteiger partial charge on any atom is -0.491 e. The molecule has 1 aliphatic rings. The molecule has 1 N–H and O–H groups in total. The van der Waals surface area contributed by atoms with E-state index in [1.807, 2.05) is 24.3 Å². The lowest BCUT2D eigenvalue weighted by Gasteiger charge is -2.30. The van der Waals surface area contributed by atoms with E-state index in [4.69, 9.17) is 9.47 Å². The summed E-state index contributed by atoms with van der Waals surface area (Å²) < 4.78 is 10.6. The maximum atomic E-state index is 12.7. The van der Waals surface area contributed by atoms with Crippen LogP contribution in [0.3, 0.4) is 0 Å². The molecule has 2 aromatic rings. The predicted molar refractivity (Wildman–Crippen MR) is 103 cm³/mol. The van der Waals surface area contributed by atoms with Crippen LogP contribution in [0.4, 0.5) is 0 Å². The van der Waals surface area contributed by atoms with E-state index in [0.717, 1.165) is 12.8 Å². The van der Waals surface area contributed by atoms with Gasteiger partial charge >= 0.3 is 0 Å². The maximum absolute atomic E-state index is 12.7. The fourth-order valence-electron chi connectivity index (χ4n) is 3.73. The highest BCUT2D eigenvalue weighted by Crippen LogP contribution is 2.40. The molecule has 0 aliphatic heterocycles. The first-order chi connectivity index (χ1) is 12.7. The van der Waals surface area contributed by atoms with E-state index < -0.39 is 0 Å². The molecule has 1 amide bonds. The van der Waals surface area contributed by atoms with Crippen molar-refractivity contribution in [3.8, 4) is 5.75 Å². The Morgan fingerprint density at radius 1 is 1.04 bits per heavy atom. The van der Waals surface area contributed by atoms with Gasteiger partial charge in [-0.2, -0.15) is 0 Å². The number of carbonyl (C=O) groups excluding carboxylic acids is 1. The lowest BCUT2D eigenvalue weighted by molar-refractivity contribution is 0.0942. The summed E-state index contributed by atoms with van der Waals surface area (Å²) >= 11 is 0. The van der Waals surface area contributed by atoms with Crippen LogP contribution in [0.5, 0.6) is 5.75 Å². The molecule has 0 unspecified atom stereocenters. The van der Waals surface area contributed by atoms with Gasteiger partial charge in [0.2, 0.25) is 0 Å². The molecular weight excluding hydrogens is 326 g/mol. The quantitative estimate of drug-likeness (QED) is 0.731. The van der Waals surface area contributed by atoms with Crippen molar-refractivity contribution in [2.45, 2.75) is 31.1 Å². The Morgan fingerprint density at radius 3 is 2.54 bits per heavy atom. The van der Waals surface area contributed by atoms with Crippen molar-refractivity contribution in [3.05, 3.63) is 65.7 Å². The van der Waals surface area contributed by atoms with Gasteiger partial charge in [-0.25, -0.2) is 0 Å². The average Bonchev–Trinajstić information content (AvgIpc) is 3.17. The van der Waals surface area contributed by atoms with Crippen LogP contribution in [-0.2, 0) is 10.2 Å². The first kappa shape index (κ1) is 18.5. The molecule has 3 rings (SSSR count). The molecule has 2 aromatic carbocycles. The van der Waals surface area contributed by atoms with E-state index in [1.165, 1.54) is 18.4 Å². The van der Waals surface area contributed by atoms with E-state index in [1.54, 1.807) is 13.2 Å². The zero-order valence-electron chi connectivity index (χ0n) is 15.4. The van der Waals surface area contributed by atoms with Gasteiger partial charge in [-0.05, 0) is 36.6 Å². The van der Waals surface area contributed by atoms with Crippen LogP contribution in [0, 0.1) is 0 Å². The van der Waals surface area contributed by atoms with E-state index in [0.29, 0.717) is 31.1 Å². The third kappa shape index (κ3) is 4.44. The number of benzene rings is 2. The third-order valence-corrected chi connectivity index (χ3v) is 5.19. The summed E-state index contributed by atoms with van der Waals surface area (Å²) in [5.41, 5.74) is 2.01. The van der Waals surface area contributed by atoms with Crippen LogP contribution in [0.15, 0.2) is 54.6 Å². The van der Waals surface area contributed by atoms with Gasteiger partial charge in [0.05, 0.1) is 6.61 Å². The molecule has 4 nitrogen and oxygen atoms in total. The molecule has 4 heteroatoms. The van der Waals surface area contributed by atoms with Gasteiger partial charge in [0.1, 0.15) is 12.4 Å². The van der Waals surface area contributed by atoms with Crippen LogP contribution >= 0.6 is 0 Å². The van der Waals surface area contributed by atoms with E-state index in [9.17, 15) is 4.79 Å². The lowest BCUT2D eigenvalue weighted by atomic mass is 9.79. The fraction of sp³-hybridized carbons (Fsp3) is 0.409. The fourth-order valence-corrected chi connectivity index (χ4v) is 3.73. The Morgan fingerprint density at radius 2 is 1.81 bits per heavy atom. The monoisotopic (exact) mass is 353 g/mol. The summed E-state index contributed by atoms with van der Waals surface area (Å²) in [6.07, 6.45) is 4.68. The van der Waals surface area contributed by atoms with Crippen molar-refractivity contribution < 1.29 is 14.3 Å². The second-order valence-electron chi connectivity index (χ2n) is 6.91. The summed E-state index contributed by atoms with van der Waals surface area (Å²) in [4.78, 5) is 12.7. The Labute approximate surface area is 155 Å². The molecule has 0 radical (unpaired) electrons. The van der Waals surface area contributed by atoms with Crippen molar-refractivity contribution in [2.24, 2.45) is 0 Å². The Bertz CT molecular complexity index is 708. The van der Waals surface area contributed by atoms with E-state index in [2.05, 4.69) is 29.6 Å². The molecule has 0 atom stereocenters. The number of methoxy groups -OCH3 is 1. The average molecular weight is 353 g/mol. The summed E-state index contributed by atoms with van der Waals surface area (Å²) in [5.74, 6) is 0.637. The number of nitrogens with one attached hydrogen (secondary N) is 1. The minimum atomic E-state index is -0.0515. The highest BCUT2D eigenvalue weighted by molar-refractivity contribution is 5.94. The van der Waals surface area contributed by atoms with Crippen molar-refractivity contribution in [3.63, 3.8) is 0 Å². The van der Waals surface area contributed by atoms with Gasteiger partial charge in [-0.1, -0.05) is 49.2 Å². The van der Waals surface area contributed by atoms with E-state index in [-0.39, 0.29) is 11.3 Å². The molecular formula is C22H27NO3. The largest absolute Gasteiger partial charge is 0.491 e. The van der Waals surface area contributed by atoms with Gasteiger partial charge in [0, 0.05) is 24.6 Å². The first-order valence-corrected chi connectivity index (χ1v) is 9.29. The summed E-state index contributed by atoms with van der Waals surface area (Å²) in [5, 5.41) is 3.16. The predicted octanol–water partition coefficient (Wildman–Crippen LogP) is 3.95. The molecule has 0 saturated heterocycles. The zero-order valence-corrected chi connectivity index (χ0v) is 15.4. The number of carbonyl (C=O) groups is 1. The van der Waals surface area contributed by atoms with Crippen molar-refractivity contribution in [2.75, 3.05) is 26.9 Å². The van der Waals surface area contributed by atoms with Crippen LogP contribution in [0.25, 0.3) is 0 Å². The Balaban J connectivity index is 1.65. The molecule has 0 bridgehead atoms. The smallest absolute Gasteiger partial charge is 0.251 e. The second-order valence-corrected chi connectivity index (χ2v) is 6.91. The number of hydrogen-bond donors (Lipinski definition) is 1. The van der Waals surface area contributed by atoms with Gasteiger partial charge in [-0.3, -0.25) is 4.79 Å². The minimum absolute atomic E-state index is 0.0515. The third-order valence-electron chi connectivity index (χ3n) is 5.19. The number of amides is 1. The highest BCUT2D eigenvalue weighted by Gasteiger charge is 2.35. The number of hydrogen-bond acceptors (Lipinski definition) is 3.